The van der Waals surface area contributed by atoms with Crippen molar-refractivity contribution in [1.82, 2.24) is 10.3 Å². The zero-order valence-electron chi connectivity index (χ0n) is 11.3. The summed E-state index contributed by atoms with van der Waals surface area (Å²) in [6, 6.07) is 12.7. The molecule has 0 aliphatic carbocycles. The van der Waals surface area contributed by atoms with Crippen molar-refractivity contribution in [2.24, 2.45) is 4.99 Å². The molecule has 0 unspecified atom stereocenters. The van der Waals surface area contributed by atoms with Crippen LogP contribution in [0.2, 0.25) is 5.02 Å². The number of nitrogens with zero attached hydrogens (tertiary/aromatic N) is 2. The first kappa shape index (κ1) is 13.5. The van der Waals surface area contributed by atoms with E-state index < -0.39 is 6.03 Å². The summed E-state index contributed by atoms with van der Waals surface area (Å²) in [5.41, 5.74) is 0.771. The lowest BCUT2D eigenvalue weighted by molar-refractivity contribution is 0.250. The Bertz CT molecular complexity index is 922. The highest BCUT2D eigenvalue weighted by Gasteiger charge is 2.04. The molecule has 2 amide bonds. The highest BCUT2D eigenvalue weighted by molar-refractivity contribution is 6.31. The molecule has 0 atom stereocenters. The molecule has 3 rings (SSSR count). The number of hydrogen-bond donors (Lipinski definition) is 1. The van der Waals surface area contributed by atoms with Crippen LogP contribution in [-0.2, 0) is 0 Å². The van der Waals surface area contributed by atoms with E-state index in [2.05, 4.69) is 15.3 Å². The van der Waals surface area contributed by atoms with Gasteiger partial charge < -0.3 is 5.32 Å². The quantitative estimate of drug-likeness (QED) is 0.692. The van der Waals surface area contributed by atoms with Gasteiger partial charge in [-0.2, -0.15) is 4.99 Å². The van der Waals surface area contributed by atoms with Crippen LogP contribution in [0.5, 0.6) is 0 Å². The molecule has 3 aromatic rings. The van der Waals surface area contributed by atoms with Gasteiger partial charge in [0.05, 0.1) is 10.9 Å². The zero-order valence-corrected chi connectivity index (χ0v) is 12.1. The van der Waals surface area contributed by atoms with E-state index in [0.29, 0.717) is 10.4 Å². The molecule has 1 N–H and O–H groups in total. The number of fused-ring (bicyclic) bond motifs is 2. The number of carbonyl (C=O) groups is 1. The van der Waals surface area contributed by atoms with Gasteiger partial charge in [0.15, 0.2) is 0 Å². The average molecular weight is 298 g/mol. The first-order chi connectivity index (χ1) is 10.2. The van der Waals surface area contributed by atoms with Gasteiger partial charge in [-0.3, -0.25) is 4.98 Å². The summed E-state index contributed by atoms with van der Waals surface area (Å²) in [6.07, 6.45) is 1.71. The van der Waals surface area contributed by atoms with E-state index in [1.807, 2.05) is 42.5 Å². The summed E-state index contributed by atoms with van der Waals surface area (Å²) in [6.45, 7) is 0. The summed E-state index contributed by atoms with van der Waals surface area (Å²) in [4.78, 5) is 20.2. The van der Waals surface area contributed by atoms with Crippen LogP contribution < -0.4 is 10.7 Å². The van der Waals surface area contributed by atoms with Gasteiger partial charge in [-0.05, 0) is 35.7 Å². The van der Waals surface area contributed by atoms with Crippen LogP contribution in [-0.4, -0.2) is 18.1 Å². The number of benzene rings is 1. The van der Waals surface area contributed by atoms with E-state index in [9.17, 15) is 4.79 Å². The van der Waals surface area contributed by atoms with Gasteiger partial charge in [0.2, 0.25) is 0 Å². The largest absolute Gasteiger partial charge is 0.341 e. The Labute approximate surface area is 126 Å². The van der Waals surface area contributed by atoms with Crippen molar-refractivity contribution < 1.29 is 4.79 Å². The van der Waals surface area contributed by atoms with E-state index in [4.69, 9.17) is 11.6 Å². The maximum atomic E-state index is 11.7. The molecule has 21 heavy (non-hydrogen) atoms. The van der Waals surface area contributed by atoms with Crippen molar-refractivity contribution in [3.05, 3.63) is 59.0 Å². The first-order valence-electron chi connectivity index (χ1n) is 6.43. The Morgan fingerprint density at radius 2 is 2.00 bits per heavy atom. The summed E-state index contributed by atoms with van der Waals surface area (Å²) >= 11 is 6.10. The minimum absolute atomic E-state index is 0.410. The molecule has 0 saturated heterocycles. The molecule has 4 nitrogen and oxygen atoms in total. The molecule has 0 fully saturated rings. The third kappa shape index (κ3) is 2.58. The summed E-state index contributed by atoms with van der Waals surface area (Å²) < 4.78 is 0. The van der Waals surface area contributed by atoms with Crippen molar-refractivity contribution in [2.75, 3.05) is 7.05 Å². The van der Waals surface area contributed by atoms with Gasteiger partial charge in [0.1, 0.15) is 0 Å². The van der Waals surface area contributed by atoms with Gasteiger partial charge >= 0.3 is 6.03 Å². The molecule has 104 valence electrons. The Morgan fingerprint density at radius 1 is 1.19 bits per heavy atom. The second kappa shape index (κ2) is 5.50. The van der Waals surface area contributed by atoms with Crippen molar-refractivity contribution in [3.63, 3.8) is 0 Å². The molecular weight excluding hydrogens is 286 g/mol. The fourth-order valence-corrected chi connectivity index (χ4v) is 2.39. The van der Waals surface area contributed by atoms with Gasteiger partial charge in [0.25, 0.3) is 0 Å². The normalized spacial score (nSPS) is 11.8. The number of nitrogens with one attached hydrogen (secondary N) is 1. The second-order valence-electron chi connectivity index (χ2n) is 4.52. The van der Waals surface area contributed by atoms with Gasteiger partial charge in [0, 0.05) is 29.0 Å². The summed E-state index contributed by atoms with van der Waals surface area (Å²) in [7, 11) is 1.55. The minimum atomic E-state index is -0.410. The van der Waals surface area contributed by atoms with Gasteiger partial charge in [-0.1, -0.05) is 23.7 Å². The standard InChI is InChI=1S/C16H12ClN3O/c1-18-16(21)20-15-12-3-2-8-19-14(12)7-5-10-4-6-11(17)9-13(10)15/h2-9H,1H3,(H,18,21)/b20-15+. The monoisotopic (exact) mass is 297 g/mol. The lowest BCUT2D eigenvalue weighted by atomic mass is 10.1. The molecule has 0 spiro atoms. The average Bonchev–Trinajstić information content (AvgIpc) is 2.65. The number of urea groups is 1. The first-order valence-corrected chi connectivity index (χ1v) is 6.80. The third-order valence-corrected chi connectivity index (χ3v) is 3.45. The number of halogens is 1. The van der Waals surface area contributed by atoms with Gasteiger partial charge in [-0.25, -0.2) is 4.79 Å². The lowest BCUT2D eigenvalue weighted by Crippen LogP contribution is -2.17. The van der Waals surface area contributed by atoms with Crippen LogP contribution in [0.25, 0.3) is 21.7 Å². The van der Waals surface area contributed by atoms with Crippen molar-refractivity contribution in [3.8, 4) is 0 Å². The van der Waals surface area contributed by atoms with Crippen LogP contribution in [0.1, 0.15) is 0 Å². The van der Waals surface area contributed by atoms with Crippen molar-refractivity contribution in [2.45, 2.75) is 0 Å². The van der Waals surface area contributed by atoms with Crippen molar-refractivity contribution >= 4 is 39.3 Å². The maximum absolute atomic E-state index is 11.7. The zero-order chi connectivity index (χ0) is 14.8. The van der Waals surface area contributed by atoms with E-state index in [0.717, 1.165) is 21.7 Å². The minimum Gasteiger partial charge on any atom is -0.339 e. The molecule has 0 radical (unpaired) electrons. The molecule has 1 heterocycles. The van der Waals surface area contributed by atoms with Crippen LogP contribution in [0.4, 0.5) is 4.79 Å². The molecule has 5 heteroatoms. The number of pyridine rings is 1. The fourth-order valence-electron chi connectivity index (χ4n) is 2.22. The SMILES string of the molecule is CNC(=O)/N=c1/c2cc(Cl)ccc2ccc2ncccc12. The van der Waals surface area contributed by atoms with Gasteiger partial charge in [-0.15, -0.1) is 0 Å². The van der Waals surface area contributed by atoms with Crippen LogP contribution in [0.15, 0.2) is 53.7 Å². The summed E-state index contributed by atoms with van der Waals surface area (Å²) in [5.74, 6) is 0. The summed E-state index contributed by atoms with van der Waals surface area (Å²) in [5, 5.41) is 6.24. The lowest BCUT2D eigenvalue weighted by Gasteiger charge is -1.97. The molecule has 0 aliphatic heterocycles. The second-order valence-corrected chi connectivity index (χ2v) is 4.95. The number of rotatable bonds is 0. The molecular formula is C16H12ClN3O. The highest BCUT2D eigenvalue weighted by Crippen LogP contribution is 2.18. The Kier molecular flexibility index (Phi) is 3.54. The molecule has 1 aromatic heterocycles. The third-order valence-electron chi connectivity index (χ3n) is 3.21. The molecule has 0 aliphatic rings. The highest BCUT2D eigenvalue weighted by atomic mass is 35.5. The fraction of sp³-hybridized carbons (Fsp3) is 0.0625. The van der Waals surface area contributed by atoms with Crippen LogP contribution in [0.3, 0.4) is 0 Å². The molecule has 0 bridgehead atoms. The maximum Gasteiger partial charge on any atom is 0.341 e. The predicted molar refractivity (Wildman–Crippen MR) is 84.3 cm³/mol. The number of hydrogen-bond acceptors (Lipinski definition) is 2. The van der Waals surface area contributed by atoms with E-state index in [-0.39, 0.29) is 0 Å². The number of carbonyl (C=O) groups excluding carboxylic acids is 1. The number of amides is 2. The van der Waals surface area contributed by atoms with E-state index in [1.165, 1.54) is 0 Å². The topological polar surface area (TPSA) is 54.4 Å². The predicted octanol–water partition coefficient (Wildman–Crippen LogP) is 3.28. The van der Waals surface area contributed by atoms with Crippen LogP contribution in [0, 0.1) is 0 Å². The smallest absolute Gasteiger partial charge is 0.339 e. The van der Waals surface area contributed by atoms with E-state index in [1.54, 1.807) is 13.2 Å². The van der Waals surface area contributed by atoms with Crippen LogP contribution >= 0.6 is 11.6 Å². The van der Waals surface area contributed by atoms with Crippen molar-refractivity contribution in [1.29, 1.82) is 0 Å². The molecule has 2 aromatic carbocycles. The Hall–Kier alpha value is -2.46. The van der Waals surface area contributed by atoms with E-state index >= 15 is 0 Å². The Balaban J connectivity index is 2.61. The molecule has 0 saturated carbocycles. The number of aromatic nitrogens is 1. The Morgan fingerprint density at radius 3 is 2.81 bits per heavy atom.